The first-order chi connectivity index (χ1) is 48.3. The second-order valence-corrected chi connectivity index (χ2v) is 24.7. The summed E-state index contributed by atoms with van der Waals surface area (Å²) in [6.45, 7) is 0.367. The highest BCUT2D eigenvalue weighted by Crippen LogP contribution is 2.26. The maximum absolute atomic E-state index is 13.8. The van der Waals surface area contributed by atoms with Crippen LogP contribution in [0.15, 0.2) is 0 Å². The molecular formula is C62H109N9O30. The number of rotatable bonds is 49. The van der Waals surface area contributed by atoms with Crippen molar-refractivity contribution in [2.24, 2.45) is 0 Å². The third-order valence-corrected chi connectivity index (χ3v) is 16.6. The Hall–Kier alpha value is -5.61. The molecule has 0 spiro atoms. The zero-order chi connectivity index (χ0) is 74.4. The fourth-order valence-corrected chi connectivity index (χ4v) is 11.2. The van der Waals surface area contributed by atoms with Crippen molar-refractivity contribution in [3.63, 3.8) is 0 Å². The van der Waals surface area contributed by atoms with Crippen LogP contribution in [0.1, 0.15) is 104 Å². The number of hydrogen-bond acceptors (Lipinski definition) is 30. The van der Waals surface area contributed by atoms with Gasteiger partial charge in [0.2, 0.25) is 53.2 Å². The highest BCUT2D eigenvalue weighted by atomic mass is 16.7. The van der Waals surface area contributed by atoms with Crippen LogP contribution in [-0.4, -0.2) is 344 Å². The van der Waals surface area contributed by atoms with Crippen molar-refractivity contribution in [3.8, 4) is 0 Å². The molecule has 4 rings (SSSR count). The zero-order valence-electron chi connectivity index (χ0n) is 57.4. The Balaban J connectivity index is 1.33. The third kappa shape index (κ3) is 31.7. The Bertz CT molecular complexity index is 2490. The van der Waals surface area contributed by atoms with E-state index in [-0.39, 0.29) is 124 Å². The van der Waals surface area contributed by atoms with Crippen LogP contribution in [0.5, 0.6) is 0 Å². The van der Waals surface area contributed by atoms with E-state index >= 15 is 0 Å². The summed E-state index contributed by atoms with van der Waals surface area (Å²) < 4.78 is 55.7. The number of hydrogen-bond donors (Lipinski definition) is 20. The number of unbranched alkanes of at least 4 members (excludes halogenated alkanes) is 6. The van der Waals surface area contributed by atoms with Gasteiger partial charge in [0.05, 0.1) is 92.0 Å². The molecule has 101 heavy (non-hydrogen) atoms. The molecule has 0 aliphatic carbocycles. The molecule has 20 atom stereocenters. The first kappa shape index (κ1) is 87.8. The molecule has 0 aromatic heterocycles. The number of ether oxygens (including phenoxy) is 10. The number of carbonyl (C=O) groups excluding carboxylic acids is 9. The van der Waals surface area contributed by atoms with Gasteiger partial charge in [0, 0.05) is 72.6 Å². The van der Waals surface area contributed by atoms with Crippen LogP contribution in [0, 0.1) is 0 Å². The lowest BCUT2D eigenvalue weighted by atomic mass is 9.97. The fraction of sp³-hybridized carbons (Fsp3) is 0.855. The monoisotopic (exact) mass is 1460 g/mol. The van der Waals surface area contributed by atoms with Gasteiger partial charge in [-0.25, -0.2) is 0 Å². The van der Waals surface area contributed by atoms with E-state index in [0.717, 1.165) is 25.7 Å². The summed E-state index contributed by atoms with van der Waals surface area (Å²) in [6.07, 6.45) is -15.2. The summed E-state index contributed by atoms with van der Waals surface area (Å²) >= 11 is 0. The first-order valence-corrected chi connectivity index (χ1v) is 34.2. The second kappa shape index (κ2) is 48.4. The topological polar surface area (TPSA) is 577 Å². The maximum atomic E-state index is 13.8. The fourth-order valence-electron chi connectivity index (χ4n) is 11.2. The van der Waals surface area contributed by atoms with Crippen LogP contribution in [0.3, 0.4) is 0 Å². The van der Waals surface area contributed by atoms with E-state index in [1.807, 2.05) is 0 Å². The highest BCUT2D eigenvalue weighted by molar-refractivity contribution is 5.90. The van der Waals surface area contributed by atoms with Crippen molar-refractivity contribution < 1.29 is 147 Å². The van der Waals surface area contributed by atoms with Crippen LogP contribution in [-0.2, 0) is 90.5 Å². The third-order valence-electron chi connectivity index (χ3n) is 16.6. The standard InChI is InChI=1S/C62H109N9O30/c1-34(76)67-48-54(86)51(83)42(31-73)99-60(48)95-26-23-92-20-17-63-45(80)14-12-37(57(89)65-18-21-93-24-27-96-61-49(68-35(2)77)55(87)52(84)43(32-74)100-61)71-47(82)15-13-38(58(90)66-19-22-94-25-28-97-62-50(69-36(3)78)56(88)53(85)44(33-75)101-62)70-46(81)11-9-7-5-4-6-8-10-16-64-59(91)40-29-39(79)41(30-72)98-40/h37-44,48-56,60-62,72-75,79,83-88H,4-33H2,1-3H3,(H,63,80)(H,64,91)(H,65,89)(H,66,90)(H,67,76)(H,68,77)(H,69,78)(H,70,81)(H,71,82)/t37?,38?,39-,40-,41+,42?,43?,44-,48?,49?,50?,51?,52?,53?,54?,55?,56?,60?,61?,62?/m1/s1. The molecule has 0 saturated carbocycles. The van der Waals surface area contributed by atoms with E-state index in [4.69, 9.17) is 47.4 Å². The minimum Gasteiger partial charge on any atom is -0.394 e. The van der Waals surface area contributed by atoms with Crippen molar-refractivity contribution in [1.82, 2.24) is 47.9 Å². The normalized spacial score (nSPS) is 28.6. The van der Waals surface area contributed by atoms with Gasteiger partial charge in [-0.3, -0.25) is 43.2 Å². The minimum atomic E-state index is -1.55. The van der Waals surface area contributed by atoms with Crippen molar-refractivity contribution in [1.29, 1.82) is 0 Å². The van der Waals surface area contributed by atoms with E-state index in [1.54, 1.807) is 0 Å². The van der Waals surface area contributed by atoms with Crippen LogP contribution < -0.4 is 47.9 Å². The summed E-state index contributed by atoms with van der Waals surface area (Å²) in [4.78, 5) is 116. The quantitative estimate of drug-likeness (QED) is 0.0252. The number of amides is 9. The molecule has 4 saturated heterocycles. The molecule has 4 fully saturated rings. The summed E-state index contributed by atoms with van der Waals surface area (Å²) in [5.41, 5.74) is 0. The molecule has 582 valence electrons. The van der Waals surface area contributed by atoms with Crippen molar-refractivity contribution in [3.05, 3.63) is 0 Å². The average molecular weight is 1460 g/mol. The van der Waals surface area contributed by atoms with Crippen molar-refractivity contribution in [2.45, 2.75) is 227 Å². The van der Waals surface area contributed by atoms with E-state index in [9.17, 15) is 99.3 Å². The second-order valence-electron chi connectivity index (χ2n) is 24.7. The molecule has 4 heterocycles. The van der Waals surface area contributed by atoms with Gasteiger partial charge in [0.25, 0.3) is 0 Å². The van der Waals surface area contributed by atoms with Gasteiger partial charge >= 0.3 is 0 Å². The number of aliphatic hydroxyl groups is 11. The van der Waals surface area contributed by atoms with Gasteiger partial charge in [-0.1, -0.05) is 32.1 Å². The molecule has 39 nitrogen and oxygen atoms in total. The molecular weight excluding hydrogens is 1350 g/mol. The maximum Gasteiger partial charge on any atom is 0.249 e. The van der Waals surface area contributed by atoms with Crippen molar-refractivity contribution in [2.75, 3.05) is 112 Å². The van der Waals surface area contributed by atoms with E-state index in [2.05, 4.69) is 47.9 Å². The lowest BCUT2D eigenvalue weighted by Crippen LogP contribution is -2.64. The van der Waals surface area contributed by atoms with Crippen LogP contribution in [0.4, 0.5) is 0 Å². The smallest absolute Gasteiger partial charge is 0.249 e. The summed E-state index contributed by atoms with van der Waals surface area (Å²) in [6, 6.07) is -6.19. The van der Waals surface area contributed by atoms with Crippen LogP contribution in [0.2, 0.25) is 0 Å². The van der Waals surface area contributed by atoms with Crippen LogP contribution >= 0.6 is 0 Å². The molecule has 0 radical (unpaired) electrons. The van der Waals surface area contributed by atoms with Crippen LogP contribution in [0.25, 0.3) is 0 Å². The van der Waals surface area contributed by atoms with Gasteiger partial charge in [0.15, 0.2) is 18.9 Å². The van der Waals surface area contributed by atoms with Gasteiger partial charge in [-0.2, -0.15) is 0 Å². The lowest BCUT2D eigenvalue weighted by molar-refractivity contribution is -0.272. The molecule has 4 aliphatic rings. The zero-order valence-corrected chi connectivity index (χ0v) is 57.4. The van der Waals surface area contributed by atoms with E-state index in [0.29, 0.717) is 25.8 Å². The van der Waals surface area contributed by atoms with Gasteiger partial charge < -0.3 is 151 Å². The highest BCUT2D eigenvalue weighted by Gasteiger charge is 2.48. The molecule has 20 N–H and O–H groups in total. The Kier molecular flexibility index (Phi) is 42.1. The van der Waals surface area contributed by atoms with Crippen molar-refractivity contribution >= 4 is 53.2 Å². The molecule has 4 aliphatic heterocycles. The number of aliphatic hydroxyl groups excluding tert-OH is 11. The average Bonchev–Trinajstić information content (AvgIpc) is 1.61. The van der Waals surface area contributed by atoms with Gasteiger partial charge in [0.1, 0.15) is 97.4 Å². The predicted molar refractivity (Wildman–Crippen MR) is 344 cm³/mol. The minimum absolute atomic E-state index is 0.0262. The summed E-state index contributed by atoms with van der Waals surface area (Å²) in [5.74, 6) is -5.22. The molecule has 0 aromatic carbocycles. The lowest BCUT2D eigenvalue weighted by Gasteiger charge is -2.42. The Morgan fingerprint density at radius 2 is 0.743 bits per heavy atom. The summed E-state index contributed by atoms with van der Waals surface area (Å²) in [7, 11) is 0. The largest absolute Gasteiger partial charge is 0.394 e. The summed E-state index contributed by atoms with van der Waals surface area (Å²) in [5, 5.41) is 134. The molecule has 39 heteroatoms. The molecule has 9 amide bonds. The van der Waals surface area contributed by atoms with E-state index < -0.39 is 196 Å². The number of carbonyl (C=O) groups is 9. The predicted octanol–water partition coefficient (Wildman–Crippen LogP) is -9.46. The first-order valence-electron chi connectivity index (χ1n) is 34.2. The molecule has 16 unspecified atom stereocenters. The molecule has 0 aromatic rings. The Labute approximate surface area is 584 Å². The van der Waals surface area contributed by atoms with Gasteiger partial charge in [-0.05, 0) is 25.7 Å². The Morgan fingerprint density at radius 3 is 1.12 bits per heavy atom. The SMILES string of the molecule is CC(=O)NC1C(OCCOCCNC(=O)CCC(NC(=O)CCC(NC(=O)CCCCCCCCCNC(=O)[C@H]2C[C@@H](O)[C@H](CO)O2)C(=O)NCCOCCOC2O[C@H](CO)C(O)C(O)C2NC(C)=O)C(=O)NCCOCCOC2OC(CO)C(O)C(O)C2NC(C)=O)OC(CO)C(O)C1O. The number of nitrogens with one attached hydrogen (secondary N) is 9. The van der Waals surface area contributed by atoms with E-state index in [1.165, 1.54) is 20.8 Å². The van der Waals surface area contributed by atoms with Gasteiger partial charge in [-0.15, -0.1) is 0 Å². The Morgan fingerprint density at radius 1 is 0.386 bits per heavy atom. The molecule has 0 bridgehead atoms.